The van der Waals surface area contributed by atoms with Crippen LogP contribution in [0.3, 0.4) is 0 Å². The number of rotatable bonds is 3. The van der Waals surface area contributed by atoms with Crippen LogP contribution in [0.15, 0.2) is 64.5 Å². The fraction of sp³-hybridized carbons (Fsp3) is 0.105. The first kappa shape index (κ1) is 17.2. The Morgan fingerprint density at radius 2 is 1.73 bits per heavy atom. The maximum atomic E-state index is 13.3. The van der Waals surface area contributed by atoms with E-state index in [1.807, 2.05) is 72.3 Å². The van der Waals surface area contributed by atoms with Gasteiger partial charge in [0.1, 0.15) is 4.70 Å². The van der Waals surface area contributed by atoms with Crippen LogP contribution in [0.2, 0.25) is 0 Å². The molecule has 0 aliphatic heterocycles. The highest BCUT2D eigenvalue weighted by Gasteiger charge is 2.18. The average molecular weight is 398 g/mol. The smallest absolute Gasteiger partial charge is 0.275 e. The molecule has 0 radical (unpaired) electrons. The van der Waals surface area contributed by atoms with Gasteiger partial charge in [-0.05, 0) is 49.2 Å². The summed E-state index contributed by atoms with van der Waals surface area (Å²) in [5.41, 5.74) is 3.38. The molecule has 0 N–H and O–H groups in total. The normalized spacial score (nSPS) is 11.2. The van der Waals surface area contributed by atoms with Crippen molar-refractivity contribution in [3.05, 3.63) is 74.5 Å². The van der Waals surface area contributed by atoms with Gasteiger partial charge in [-0.2, -0.15) is 0 Å². The Morgan fingerprint density at radius 3 is 2.42 bits per heavy atom. The quantitative estimate of drug-likeness (QED) is 0.277. The van der Waals surface area contributed by atoms with E-state index in [1.165, 1.54) is 23.1 Å². The maximum absolute atomic E-state index is 13.3. The van der Waals surface area contributed by atoms with Crippen LogP contribution in [0.4, 0.5) is 0 Å². The molecule has 0 bridgehead atoms. The number of hydrogen-bond acceptors (Lipinski definition) is 5. The number of thiazole rings is 1. The highest BCUT2D eigenvalue weighted by molar-refractivity contribution is 7.98. The molecule has 0 saturated carbocycles. The Balaban J connectivity index is 2.10. The second kappa shape index (κ2) is 6.83. The predicted molar refractivity (Wildman–Crippen MR) is 112 cm³/mol. The molecule has 4 rings (SSSR count). The number of aryl methyl sites for hydroxylation is 1. The van der Waals surface area contributed by atoms with Crippen molar-refractivity contribution < 1.29 is 0 Å². The van der Waals surface area contributed by atoms with Gasteiger partial charge in [0.25, 0.3) is 5.56 Å². The molecule has 4 nitrogen and oxygen atoms in total. The zero-order chi connectivity index (χ0) is 18.3. The lowest BCUT2D eigenvalue weighted by Gasteiger charge is -2.12. The van der Waals surface area contributed by atoms with Crippen LogP contribution in [0.25, 0.3) is 21.7 Å². The molecule has 2 aromatic heterocycles. The van der Waals surface area contributed by atoms with Gasteiger partial charge in [0.2, 0.25) is 0 Å². The number of nitrogens with zero attached hydrogens (tertiary/aromatic N) is 3. The zero-order valence-electron chi connectivity index (χ0n) is 14.2. The molecule has 0 unspecified atom stereocenters. The second-order valence-corrected chi connectivity index (χ2v) is 8.13. The third-order valence-electron chi connectivity index (χ3n) is 4.13. The van der Waals surface area contributed by atoms with Crippen LogP contribution in [-0.4, -0.2) is 20.4 Å². The number of para-hydroxylation sites is 2. The van der Waals surface area contributed by atoms with Crippen LogP contribution >= 0.6 is 35.3 Å². The Kier molecular flexibility index (Phi) is 4.52. The minimum absolute atomic E-state index is 0.0889. The fourth-order valence-corrected chi connectivity index (χ4v) is 4.75. The van der Waals surface area contributed by atoms with Crippen molar-refractivity contribution in [1.29, 1.82) is 0 Å². The van der Waals surface area contributed by atoms with Crippen LogP contribution in [0.1, 0.15) is 5.56 Å². The van der Waals surface area contributed by atoms with Crippen LogP contribution < -0.4 is 5.56 Å². The van der Waals surface area contributed by atoms with Crippen LogP contribution in [0.5, 0.6) is 0 Å². The summed E-state index contributed by atoms with van der Waals surface area (Å²) < 4.78 is 4.75. The molecule has 4 aromatic rings. The summed E-state index contributed by atoms with van der Waals surface area (Å²) >= 11 is 8.34. The van der Waals surface area contributed by atoms with Gasteiger partial charge in [-0.15, -0.1) is 0 Å². The van der Waals surface area contributed by atoms with Gasteiger partial charge in [0.15, 0.2) is 14.8 Å². The molecule has 26 heavy (non-hydrogen) atoms. The molecular formula is C19H15N3OS3. The second-order valence-electron chi connectivity index (χ2n) is 5.72. The molecule has 2 aromatic carbocycles. The number of thioether (sulfide) groups is 1. The topological polar surface area (TPSA) is 39.8 Å². The van der Waals surface area contributed by atoms with E-state index in [0.29, 0.717) is 19.5 Å². The van der Waals surface area contributed by atoms with E-state index in [1.54, 1.807) is 4.57 Å². The summed E-state index contributed by atoms with van der Waals surface area (Å²) in [6.07, 6.45) is 1.92. The fourth-order valence-electron chi connectivity index (χ4n) is 2.90. The van der Waals surface area contributed by atoms with E-state index in [4.69, 9.17) is 17.2 Å². The number of benzene rings is 2. The van der Waals surface area contributed by atoms with E-state index >= 15 is 0 Å². The number of aromatic nitrogens is 3. The Labute approximate surface area is 163 Å². The molecular weight excluding hydrogens is 382 g/mol. The van der Waals surface area contributed by atoms with E-state index in [2.05, 4.69) is 0 Å². The van der Waals surface area contributed by atoms with Crippen molar-refractivity contribution in [2.45, 2.75) is 12.1 Å². The molecule has 0 amide bonds. The van der Waals surface area contributed by atoms with Crippen molar-refractivity contribution in [2.24, 2.45) is 0 Å². The first-order chi connectivity index (χ1) is 12.6. The molecule has 7 heteroatoms. The average Bonchev–Trinajstić information content (AvgIpc) is 2.99. The Hall–Kier alpha value is -2.22. The Bertz CT molecular complexity index is 1220. The standard InChI is InChI=1S/C19H15N3OS3/c1-12-8-6-7-11-14(12)22-16-15(26-19(22)24)17(23)21(18(20-16)25-2)13-9-4-3-5-10-13/h3-11H,1-2H3. The van der Waals surface area contributed by atoms with Crippen molar-refractivity contribution in [2.75, 3.05) is 6.26 Å². The van der Waals surface area contributed by atoms with Crippen molar-refractivity contribution in [1.82, 2.24) is 14.1 Å². The predicted octanol–water partition coefficient (Wildman–Crippen LogP) is 5.00. The molecule has 0 aliphatic carbocycles. The number of fused-ring (bicyclic) bond motifs is 1. The van der Waals surface area contributed by atoms with E-state index in [-0.39, 0.29) is 5.56 Å². The lowest BCUT2D eigenvalue weighted by molar-refractivity contribution is 0.813. The number of hydrogen-bond donors (Lipinski definition) is 0. The minimum Gasteiger partial charge on any atom is -0.275 e. The van der Waals surface area contributed by atoms with Gasteiger partial charge >= 0.3 is 0 Å². The highest BCUT2D eigenvalue weighted by Crippen LogP contribution is 2.27. The summed E-state index contributed by atoms with van der Waals surface area (Å²) in [5, 5.41) is 0.642. The lowest BCUT2D eigenvalue weighted by atomic mass is 10.2. The zero-order valence-corrected chi connectivity index (χ0v) is 16.6. The maximum Gasteiger partial charge on any atom is 0.278 e. The first-order valence-electron chi connectivity index (χ1n) is 7.96. The highest BCUT2D eigenvalue weighted by atomic mass is 32.2. The van der Waals surface area contributed by atoms with Gasteiger partial charge in [0.05, 0.1) is 11.4 Å². The van der Waals surface area contributed by atoms with Gasteiger partial charge < -0.3 is 0 Å². The lowest BCUT2D eigenvalue weighted by Crippen LogP contribution is -2.21. The summed E-state index contributed by atoms with van der Waals surface area (Å²) in [4.78, 5) is 18.1. The van der Waals surface area contributed by atoms with Crippen molar-refractivity contribution in [3.63, 3.8) is 0 Å². The van der Waals surface area contributed by atoms with E-state index in [9.17, 15) is 4.79 Å². The van der Waals surface area contributed by atoms with Gasteiger partial charge in [-0.3, -0.25) is 13.9 Å². The van der Waals surface area contributed by atoms with E-state index in [0.717, 1.165) is 16.9 Å². The molecule has 0 saturated heterocycles. The van der Waals surface area contributed by atoms with Gasteiger partial charge in [-0.1, -0.05) is 59.5 Å². The molecule has 0 spiro atoms. The molecule has 0 atom stereocenters. The molecule has 0 fully saturated rings. The third-order valence-corrected chi connectivity index (χ3v) is 6.12. The van der Waals surface area contributed by atoms with Crippen molar-refractivity contribution in [3.8, 4) is 11.4 Å². The summed E-state index contributed by atoms with van der Waals surface area (Å²) in [7, 11) is 0. The third kappa shape index (κ3) is 2.72. The molecule has 0 aliphatic rings. The first-order valence-corrected chi connectivity index (χ1v) is 10.4. The SMILES string of the molecule is CSc1nc2c(sc(=S)n2-c2ccccc2C)c(=O)n1-c1ccccc1. The largest absolute Gasteiger partial charge is 0.278 e. The van der Waals surface area contributed by atoms with Crippen LogP contribution in [0, 0.1) is 10.9 Å². The summed E-state index contributed by atoms with van der Waals surface area (Å²) in [6.45, 7) is 2.03. The minimum atomic E-state index is -0.0889. The molecule has 2 heterocycles. The van der Waals surface area contributed by atoms with E-state index < -0.39 is 0 Å². The van der Waals surface area contributed by atoms with Crippen molar-refractivity contribution >= 4 is 45.7 Å². The van der Waals surface area contributed by atoms with Gasteiger partial charge in [0, 0.05) is 0 Å². The summed E-state index contributed by atoms with van der Waals surface area (Å²) in [6, 6.07) is 17.6. The monoisotopic (exact) mass is 397 g/mol. The molecule has 130 valence electrons. The Morgan fingerprint density at radius 1 is 1.04 bits per heavy atom. The van der Waals surface area contributed by atoms with Gasteiger partial charge in [-0.25, -0.2) is 4.98 Å². The summed E-state index contributed by atoms with van der Waals surface area (Å²) in [5.74, 6) is 0. The van der Waals surface area contributed by atoms with Crippen LogP contribution in [-0.2, 0) is 0 Å².